The maximum absolute atomic E-state index is 6.34. The van der Waals surface area contributed by atoms with Crippen molar-refractivity contribution in [1.29, 1.82) is 0 Å². The third-order valence-corrected chi connectivity index (χ3v) is 5.67. The lowest BCUT2D eigenvalue weighted by Gasteiger charge is -2.52. The van der Waals surface area contributed by atoms with Crippen LogP contribution < -0.4 is 5.32 Å². The molecule has 3 nitrogen and oxygen atoms in total. The molecule has 0 radical (unpaired) electrons. The van der Waals surface area contributed by atoms with E-state index < -0.39 is 0 Å². The second-order valence-corrected chi connectivity index (χ2v) is 7.03. The predicted octanol–water partition coefficient (Wildman–Crippen LogP) is 3.62. The fourth-order valence-corrected chi connectivity index (χ4v) is 4.10. The minimum Gasteiger partial charge on any atom is -0.311 e. The van der Waals surface area contributed by atoms with Gasteiger partial charge in [-0.1, -0.05) is 37.8 Å². The molecule has 0 amide bonds. The molecule has 1 aliphatic heterocycles. The Balaban J connectivity index is 1.81. The van der Waals surface area contributed by atoms with Gasteiger partial charge in [0.15, 0.2) is 0 Å². The van der Waals surface area contributed by atoms with Gasteiger partial charge in [0.25, 0.3) is 0 Å². The molecule has 21 heavy (non-hydrogen) atoms. The molecule has 1 aromatic heterocycles. The molecule has 0 aromatic carbocycles. The number of rotatable bonds is 3. The summed E-state index contributed by atoms with van der Waals surface area (Å²) in [6.07, 6.45) is 11.6. The van der Waals surface area contributed by atoms with E-state index in [9.17, 15) is 0 Å². The zero-order chi connectivity index (χ0) is 14.7. The van der Waals surface area contributed by atoms with Crippen molar-refractivity contribution in [3.63, 3.8) is 0 Å². The van der Waals surface area contributed by atoms with E-state index in [0.717, 1.165) is 24.7 Å². The maximum atomic E-state index is 6.34. The topological polar surface area (TPSA) is 28.2 Å². The zero-order valence-electron chi connectivity index (χ0n) is 12.9. The maximum Gasteiger partial charge on any atom is 0.0634 e. The average Bonchev–Trinajstić information content (AvgIpc) is 2.53. The number of hydrogen-bond donors (Lipinski definition) is 1. The van der Waals surface area contributed by atoms with E-state index in [1.165, 1.54) is 44.1 Å². The van der Waals surface area contributed by atoms with Crippen molar-refractivity contribution in [3.05, 3.63) is 29.0 Å². The molecule has 1 spiro atoms. The highest BCUT2D eigenvalue weighted by Gasteiger charge is 2.41. The van der Waals surface area contributed by atoms with Gasteiger partial charge < -0.3 is 5.32 Å². The Kier molecular flexibility index (Phi) is 4.82. The molecule has 2 heterocycles. The second-order valence-electron chi connectivity index (χ2n) is 6.62. The Hall–Kier alpha value is -0.640. The van der Waals surface area contributed by atoms with Crippen molar-refractivity contribution in [3.8, 4) is 0 Å². The Labute approximate surface area is 133 Å². The van der Waals surface area contributed by atoms with Gasteiger partial charge >= 0.3 is 0 Å². The highest BCUT2D eigenvalue weighted by atomic mass is 35.5. The lowest BCUT2D eigenvalue weighted by molar-refractivity contribution is 0.00274. The summed E-state index contributed by atoms with van der Waals surface area (Å²) >= 11 is 6.34. The molecule has 4 heteroatoms. The van der Waals surface area contributed by atoms with Gasteiger partial charge in [-0.05, 0) is 30.9 Å². The lowest BCUT2D eigenvalue weighted by Crippen LogP contribution is -2.64. The second kappa shape index (κ2) is 6.64. The molecule has 1 aliphatic carbocycles. The SMILES string of the molecule is CCC1CN(Cc2ccncc2Cl)C2(CCCCC2)CN1. The monoisotopic (exact) mass is 307 g/mol. The Morgan fingerprint density at radius 1 is 1.38 bits per heavy atom. The molecular weight excluding hydrogens is 282 g/mol. The molecule has 1 atom stereocenters. The van der Waals surface area contributed by atoms with Gasteiger partial charge in [-0.3, -0.25) is 9.88 Å². The van der Waals surface area contributed by atoms with Crippen LogP contribution in [0.2, 0.25) is 5.02 Å². The summed E-state index contributed by atoms with van der Waals surface area (Å²) in [4.78, 5) is 6.82. The molecule has 1 saturated heterocycles. The molecule has 1 unspecified atom stereocenters. The van der Waals surface area contributed by atoms with Crippen molar-refractivity contribution >= 4 is 11.6 Å². The van der Waals surface area contributed by atoms with E-state index in [4.69, 9.17) is 11.6 Å². The summed E-state index contributed by atoms with van der Waals surface area (Å²) in [5, 5.41) is 4.57. The van der Waals surface area contributed by atoms with Crippen LogP contribution in [0.25, 0.3) is 0 Å². The molecule has 116 valence electrons. The van der Waals surface area contributed by atoms with E-state index in [1.807, 2.05) is 6.20 Å². The molecule has 2 aliphatic rings. The summed E-state index contributed by atoms with van der Waals surface area (Å²) in [6, 6.07) is 2.68. The normalized spacial score (nSPS) is 26.1. The van der Waals surface area contributed by atoms with Gasteiger partial charge in [0.1, 0.15) is 0 Å². The molecular formula is C17H26ClN3. The number of piperazine rings is 1. The number of hydrogen-bond acceptors (Lipinski definition) is 3. The van der Waals surface area contributed by atoms with Gasteiger partial charge in [-0.25, -0.2) is 0 Å². The van der Waals surface area contributed by atoms with Crippen LogP contribution in [0.3, 0.4) is 0 Å². The van der Waals surface area contributed by atoms with Crippen LogP contribution in [0.5, 0.6) is 0 Å². The summed E-state index contributed by atoms with van der Waals surface area (Å²) < 4.78 is 0. The van der Waals surface area contributed by atoms with Gasteiger partial charge in [0.05, 0.1) is 5.02 Å². The van der Waals surface area contributed by atoms with Gasteiger partial charge in [0, 0.05) is 43.6 Å². The number of halogens is 1. The zero-order valence-corrected chi connectivity index (χ0v) is 13.7. The lowest BCUT2D eigenvalue weighted by atomic mass is 9.78. The summed E-state index contributed by atoms with van der Waals surface area (Å²) in [7, 11) is 0. The number of pyridine rings is 1. The van der Waals surface area contributed by atoms with Crippen LogP contribution in [0.4, 0.5) is 0 Å². The van der Waals surface area contributed by atoms with E-state index in [2.05, 4.69) is 28.2 Å². The highest BCUT2D eigenvalue weighted by Crippen LogP contribution is 2.37. The van der Waals surface area contributed by atoms with E-state index >= 15 is 0 Å². The number of aromatic nitrogens is 1. The largest absolute Gasteiger partial charge is 0.311 e. The first-order valence-electron chi connectivity index (χ1n) is 8.30. The molecule has 0 bridgehead atoms. The molecule has 3 rings (SSSR count). The van der Waals surface area contributed by atoms with Crippen molar-refractivity contribution in [2.24, 2.45) is 0 Å². The number of nitrogens with one attached hydrogen (secondary N) is 1. The highest BCUT2D eigenvalue weighted by molar-refractivity contribution is 6.31. The third kappa shape index (κ3) is 3.25. The van der Waals surface area contributed by atoms with E-state index in [1.54, 1.807) is 6.20 Å². The first-order valence-corrected chi connectivity index (χ1v) is 8.68. The van der Waals surface area contributed by atoms with Crippen LogP contribution in [0.1, 0.15) is 51.0 Å². The van der Waals surface area contributed by atoms with Crippen LogP contribution >= 0.6 is 11.6 Å². The third-order valence-electron chi connectivity index (χ3n) is 5.33. The van der Waals surface area contributed by atoms with Crippen LogP contribution in [0.15, 0.2) is 18.5 Å². The van der Waals surface area contributed by atoms with Crippen LogP contribution in [-0.2, 0) is 6.54 Å². The Morgan fingerprint density at radius 3 is 2.90 bits per heavy atom. The molecule has 1 aromatic rings. The minimum atomic E-state index is 0.344. The van der Waals surface area contributed by atoms with E-state index in [0.29, 0.717) is 11.6 Å². The van der Waals surface area contributed by atoms with Crippen molar-refractivity contribution in [2.45, 2.75) is 63.6 Å². The van der Waals surface area contributed by atoms with Crippen molar-refractivity contribution in [1.82, 2.24) is 15.2 Å². The summed E-state index contributed by atoms with van der Waals surface area (Å²) in [5.74, 6) is 0. The average molecular weight is 308 g/mol. The summed E-state index contributed by atoms with van der Waals surface area (Å²) in [6.45, 7) is 5.50. The van der Waals surface area contributed by atoms with Gasteiger partial charge in [0.2, 0.25) is 0 Å². The fourth-order valence-electron chi connectivity index (χ4n) is 3.92. The number of nitrogens with zero attached hydrogens (tertiary/aromatic N) is 2. The summed E-state index contributed by atoms with van der Waals surface area (Å²) in [5.41, 5.74) is 1.56. The van der Waals surface area contributed by atoms with Crippen molar-refractivity contribution < 1.29 is 0 Å². The van der Waals surface area contributed by atoms with Crippen molar-refractivity contribution in [2.75, 3.05) is 13.1 Å². The molecule has 1 N–H and O–H groups in total. The standard InChI is InChI=1S/C17H26ClN3/c1-2-15-12-21(11-14-6-9-19-10-16(14)18)17(13-20-15)7-4-3-5-8-17/h6,9-10,15,20H,2-5,7-8,11-13H2,1H3. The Morgan fingerprint density at radius 2 is 2.19 bits per heavy atom. The van der Waals surface area contributed by atoms with Gasteiger partial charge in [-0.2, -0.15) is 0 Å². The van der Waals surface area contributed by atoms with Crippen LogP contribution in [-0.4, -0.2) is 34.6 Å². The smallest absolute Gasteiger partial charge is 0.0634 e. The fraction of sp³-hybridized carbons (Fsp3) is 0.706. The van der Waals surface area contributed by atoms with Crippen LogP contribution in [0, 0.1) is 0 Å². The minimum absolute atomic E-state index is 0.344. The predicted molar refractivity (Wildman–Crippen MR) is 87.6 cm³/mol. The van der Waals surface area contributed by atoms with E-state index in [-0.39, 0.29) is 0 Å². The molecule has 1 saturated carbocycles. The van der Waals surface area contributed by atoms with Gasteiger partial charge in [-0.15, -0.1) is 0 Å². The first kappa shape index (κ1) is 15.3. The first-order chi connectivity index (χ1) is 10.2. The Bertz CT molecular complexity index is 471. The quantitative estimate of drug-likeness (QED) is 0.924. The molecule has 2 fully saturated rings.